The van der Waals surface area contributed by atoms with Crippen molar-refractivity contribution in [3.63, 3.8) is 0 Å². The topological polar surface area (TPSA) is 130 Å². The summed E-state index contributed by atoms with van der Waals surface area (Å²) in [6, 6.07) is 14.3. The van der Waals surface area contributed by atoms with Crippen LogP contribution in [0.3, 0.4) is 0 Å². The Labute approximate surface area is 221 Å². The van der Waals surface area contributed by atoms with Gasteiger partial charge in [-0.05, 0) is 42.5 Å². The van der Waals surface area contributed by atoms with Gasteiger partial charge in [0, 0.05) is 45.7 Å². The number of aromatic amines is 1. The molecule has 4 aromatic rings. The SMILES string of the molecule is Nc1cc(Cl)cc(Oc2c(Cl)ccc(CNC(=O)c3cc4cc(OCC(CO)CO)ccc4[nH]3)c2F)c1. The van der Waals surface area contributed by atoms with Crippen molar-refractivity contribution < 1.29 is 28.9 Å². The van der Waals surface area contributed by atoms with Crippen LogP contribution < -0.4 is 20.5 Å². The van der Waals surface area contributed by atoms with Gasteiger partial charge < -0.3 is 35.7 Å². The number of hydrogen-bond acceptors (Lipinski definition) is 6. The Hall–Kier alpha value is -3.50. The summed E-state index contributed by atoms with van der Waals surface area (Å²) in [5.41, 5.74) is 7.25. The number of carbonyl (C=O) groups excluding carboxylic acids is 1. The molecule has 0 aliphatic heterocycles. The standard InChI is InChI=1S/C26H24Cl2FN3O5/c27-17-7-18(30)9-20(8-17)37-25-21(28)3-1-15(24(25)29)10-31-26(35)23-6-16-5-19(2-4-22(16)32-23)36-13-14(11-33)12-34/h1-9,14,32-34H,10-13,30H2,(H,31,35). The first-order valence-corrected chi connectivity index (χ1v) is 12.0. The zero-order valence-corrected chi connectivity index (χ0v) is 20.9. The lowest BCUT2D eigenvalue weighted by molar-refractivity contribution is 0.0946. The van der Waals surface area contributed by atoms with Crippen LogP contribution in [0.1, 0.15) is 16.1 Å². The van der Waals surface area contributed by atoms with Gasteiger partial charge in [0.15, 0.2) is 11.6 Å². The number of anilines is 1. The van der Waals surface area contributed by atoms with Gasteiger partial charge in [0.1, 0.15) is 17.2 Å². The van der Waals surface area contributed by atoms with E-state index in [0.29, 0.717) is 22.0 Å². The average molecular weight is 548 g/mol. The van der Waals surface area contributed by atoms with Gasteiger partial charge in [-0.15, -0.1) is 0 Å². The fourth-order valence-electron chi connectivity index (χ4n) is 3.54. The number of nitrogens with one attached hydrogen (secondary N) is 2. The maximum Gasteiger partial charge on any atom is 0.267 e. The first-order valence-electron chi connectivity index (χ1n) is 11.2. The Morgan fingerprint density at radius 3 is 2.57 bits per heavy atom. The number of hydrogen-bond donors (Lipinski definition) is 5. The van der Waals surface area contributed by atoms with E-state index in [1.807, 2.05) is 0 Å². The molecule has 0 aliphatic carbocycles. The fourth-order valence-corrected chi connectivity index (χ4v) is 3.95. The van der Waals surface area contributed by atoms with Gasteiger partial charge in [0.25, 0.3) is 5.91 Å². The summed E-state index contributed by atoms with van der Waals surface area (Å²) >= 11 is 12.1. The Morgan fingerprint density at radius 2 is 1.84 bits per heavy atom. The zero-order valence-electron chi connectivity index (χ0n) is 19.4. The van der Waals surface area contributed by atoms with Crippen LogP contribution in [0.2, 0.25) is 10.0 Å². The summed E-state index contributed by atoms with van der Waals surface area (Å²) in [5.74, 6) is -1.02. The van der Waals surface area contributed by atoms with E-state index in [-0.39, 0.29) is 60.1 Å². The molecule has 11 heteroatoms. The summed E-state index contributed by atoms with van der Waals surface area (Å²) in [6.07, 6.45) is 0. The Morgan fingerprint density at radius 1 is 1.05 bits per heavy atom. The van der Waals surface area contributed by atoms with Crippen LogP contribution in [0.4, 0.5) is 10.1 Å². The molecule has 0 aliphatic rings. The molecule has 0 saturated carbocycles. The van der Waals surface area contributed by atoms with E-state index in [1.165, 1.54) is 30.3 Å². The normalized spacial score (nSPS) is 11.2. The van der Waals surface area contributed by atoms with Crippen LogP contribution >= 0.6 is 23.2 Å². The van der Waals surface area contributed by atoms with Crippen molar-refractivity contribution in [1.29, 1.82) is 0 Å². The van der Waals surface area contributed by atoms with Gasteiger partial charge >= 0.3 is 0 Å². The molecule has 4 rings (SSSR count). The van der Waals surface area contributed by atoms with E-state index in [9.17, 15) is 4.79 Å². The predicted octanol–water partition coefficient (Wildman–Crippen LogP) is 4.90. The molecule has 1 amide bonds. The first-order chi connectivity index (χ1) is 17.8. The number of H-pyrrole nitrogens is 1. The summed E-state index contributed by atoms with van der Waals surface area (Å²) in [4.78, 5) is 15.8. The Kier molecular flexibility index (Phi) is 8.40. The van der Waals surface area contributed by atoms with Crippen molar-refractivity contribution in [1.82, 2.24) is 10.3 Å². The Balaban J connectivity index is 1.45. The van der Waals surface area contributed by atoms with Crippen LogP contribution in [0.25, 0.3) is 10.9 Å². The fraction of sp³-hybridized carbons (Fsp3) is 0.192. The van der Waals surface area contributed by atoms with E-state index >= 15 is 4.39 Å². The number of carbonyl (C=O) groups is 1. The number of rotatable bonds is 10. The molecule has 0 saturated heterocycles. The highest BCUT2D eigenvalue weighted by Crippen LogP contribution is 2.35. The molecule has 0 atom stereocenters. The number of halogens is 3. The second-order valence-corrected chi connectivity index (χ2v) is 9.17. The highest BCUT2D eigenvalue weighted by molar-refractivity contribution is 6.32. The van der Waals surface area contributed by atoms with Gasteiger partial charge in [0.05, 0.1) is 24.8 Å². The molecule has 8 nitrogen and oxygen atoms in total. The maximum atomic E-state index is 15.2. The number of benzene rings is 3. The van der Waals surface area contributed by atoms with Crippen molar-refractivity contribution in [2.75, 3.05) is 25.6 Å². The third-order valence-corrected chi connectivity index (χ3v) is 6.04. The number of amides is 1. The lowest BCUT2D eigenvalue weighted by Crippen LogP contribution is -2.23. The molecule has 1 aromatic heterocycles. The van der Waals surface area contributed by atoms with E-state index < -0.39 is 11.7 Å². The summed E-state index contributed by atoms with van der Waals surface area (Å²) < 4.78 is 26.4. The summed E-state index contributed by atoms with van der Waals surface area (Å²) in [6.45, 7) is -0.350. The van der Waals surface area contributed by atoms with Gasteiger partial charge in [-0.1, -0.05) is 29.3 Å². The Bertz CT molecular complexity index is 1400. The van der Waals surface area contributed by atoms with Crippen LogP contribution in [0.5, 0.6) is 17.2 Å². The minimum atomic E-state index is -0.728. The quantitative estimate of drug-likeness (QED) is 0.179. The van der Waals surface area contributed by atoms with Crippen LogP contribution in [-0.2, 0) is 6.54 Å². The van der Waals surface area contributed by atoms with Crippen molar-refractivity contribution in [3.05, 3.63) is 81.7 Å². The lowest BCUT2D eigenvalue weighted by atomic mass is 10.2. The van der Waals surface area contributed by atoms with Crippen molar-refractivity contribution in [2.45, 2.75) is 6.54 Å². The first kappa shape index (κ1) is 26.6. The van der Waals surface area contributed by atoms with Crippen molar-refractivity contribution >= 4 is 45.7 Å². The molecule has 37 heavy (non-hydrogen) atoms. The zero-order chi connectivity index (χ0) is 26.5. The van der Waals surface area contributed by atoms with Gasteiger partial charge in [-0.3, -0.25) is 4.79 Å². The highest BCUT2D eigenvalue weighted by atomic mass is 35.5. The van der Waals surface area contributed by atoms with Crippen molar-refractivity contribution in [2.24, 2.45) is 5.92 Å². The monoisotopic (exact) mass is 547 g/mol. The van der Waals surface area contributed by atoms with E-state index in [1.54, 1.807) is 24.3 Å². The van der Waals surface area contributed by atoms with Crippen LogP contribution in [0.15, 0.2) is 54.6 Å². The van der Waals surface area contributed by atoms with Crippen molar-refractivity contribution in [3.8, 4) is 17.2 Å². The number of ether oxygens (including phenoxy) is 2. The van der Waals surface area contributed by atoms with Gasteiger partial charge in [0.2, 0.25) is 0 Å². The van der Waals surface area contributed by atoms with Gasteiger partial charge in [-0.2, -0.15) is 0 Å². The summed E-state index contributed by atoms with van der Waals surface area (Å²) in [5, 5.41) is 22.1. The minimum Gasteiger partial charge on any atom is -0.493 e. The molecule has 194 valence electrons. The smallest absolute Gasteiger partial charge is 0.267 e. The molecule has 0 radical (unpaired) electrons. The molecular weight excluding hydrogens is 524 g/mol. The van der Waals surface area contributed by atoms with E-state index in [4.69, 9.17) is 48.6 Å². The second kappa shape index (κ2) is 11.7. The molecule has 0 fully saturated rings. The lowest BCUT2D eigenvalue weighted by Gasteiger charge is -2.13. The highest BCUT2D eigenvalue weighted by Gasteiger charge is 2.17. The largest absolute Gasteiger partial charge is 0.493 e. The molecule has 0 bridgehead atoms. The number of nitrogens with two attached hydrogens (primary N) is 1. The molecular formula is C26H24Cl2FN3O5. The summed E-state index contributed by atoms with van der Waals surface area (Å²) in [7, 11) is 0. The molecule has 1 heterocycles. The molecule has 0 spiro atoms. The number of aliphatic hydroxyl groups excluding tert-OH is 2. The number of aromatic nitrogens is 1. The molecule has 0 unspecified atom stereocenters. The minimum absolute atomic E-state index is 0.0454. The number of nitrogen functional groups attached to an aromatic ring is 1. The van der Waals surface area contributed by atoms with E-state index in [0.717, 1.165) is 5.39 Å². The third-order valence-electron chi connectivity index (χ3n) is 5.52. The van der Waals surface area contributed by atoms with E-state index in [2.05, 4.69) is 10.3 Å². The van der Waals surface area contributed by atoms with Gasteiger partial charge in [-0.25, -0.2) is 4.39 Å². The molecule has 6 N–H and O–H groups in total. The van der Waals surface area contributed by atoms with Crippen LogP contribution in [0, 0.1) is 11.7 Å². The average Bonchev–Trinajstić information content (AvgIpc) is 3.29. The maximum absolute atomic E-state index is 15.2. The predicted molar refractivity (Wildman–Crippen MR) is 140 cm³/mol. The number of aliphatic hydroxyl groups is 2. The third kappa shape index (κ3) is 6.44. The molecule has 3 aromatic carbocycles. The van der Waals surface area contributed by atoms with Crippen LogP contribution in [-0.4, -0.2) is 40.9 Å². The second-order valence-electron chi connectivity index (χ2n) is 8.33. The number of fused-ring (bicyclic) bond motifs is 1.